The summed E-state index contributed by atoms with van der Waals surface area (Å²) in [6.07, 6.45) is 0. The summed E-state index contributed by atoms with van der Waals surface area (Å²) in [5.41, 5.74) is 2.46. The molecule has 0 aliphatic heterocycles. The molecule has 22 heavy (non-hydrogen) atoms. The summed E-state index contributed by atoms with van der Waals surface area (Å²) in [5.74, 6) is -0.102. The van der Waals surface area contributed by atoms with Crippen LogP contribution in [0, 0.1) is 0 Å². The van der Waals surface area contributed by atoms with Crippen LogP contribution < -0.4 is 10.6 Å². The van der Waals surface area contributed by atoms with Gasteiger partial charge in [-0.25, -0.2) is 0 Å². The summed E-state index contributed by atoms with van der Waals surface area (Å²) in [4.78, 5) is 23.1. The van der Waals surface area contributed by atoms with Crippen LogP contribution in [0.4, 0.5) is 5.69 Å². The third kappa shape index (κ3) is 4.53. The van der Waals surface area contributed by atoms with Gasteiger partial charge in [0.25, 0.3) is 0 Å². The van der Waals surface area contributed by atoms with Crippen molar-refractivity contribution in [2.75, 3.05) is 11.9 Å². The molecule has 1 unspecified atom stereocenters. The van der Waals surface area contributed by atoms with Crippen LogP contribution in [0.5, 0.6) is 0 Å². The molecule has 0 bridgehead atoms. The highest BCUT2D eigenvalue weighted by molar-refractivity contribution is 5.96. The molecule has 2 aromatic rings. The van der Waals surface area contributed by atoms with Crippen LogP contribution in [0.25, 0.3) is 0 Å². The molecule has 1 atom stereocenters. The van der Waals surface area contributed by atoms with Gasteiger partial charge in [0.2, 0.25) is 5.91 Å². The molecule has 0 aromatic heterocycles. The Hall–Kier alpha value is -2.46. The molecule has 4 heteroatoms. The second-order valence-corrected chi connectivity index (χ2v) is 5.19. The van der Waals surface area contributed by atoms with Gasteiger partial charge in [-0.3, -0.25) is 9.59 Å². The Morgan fingerprint density at radius 3 is 2.23 bits per heavy atom. The van der Waals surface area contributed by atoms with E-state index in [1.165, 1.54) is 6.92 Å². The summed E-state index contributed by atoms with van der Waals surface area (Å²) in [5, 5.41) is 5.98. The van der Waals surface area contributed by atoms with Crippen LogP contribution >= 0.6 is 0 Å². The van der Waals surface area contributed by atoms with Gasteiger partial charge in [0.1, 0.15) is 0 Å². The smallest absolute Gasteiger partial charge is 0.238 e. The Kier molecular flexibility index (Phi) is 5.44. The first-order valence-corrected chi connectivity index (χ1v) is 7.25. The van der Waals surface area contributed by atoms with Gasteiger partial charge in [0.15, 0.2) is 5.78 Å². The number of hydrogen-bond acceptors (Lipinski definition) is 3. The lowest BCUT2D eigenvalue weighted by molar-refractivity contribution is -0.115. The lowest BCUT2D eigenvalue weighted by Gasteiger charge is -2.14. The molecule has 0 spiro atoms. The zero-order valence-corrected chi connectivity index (χ0v) is 12.8. The van der Waals surface area contributed by atoms with E-state index in [2.05, 4.69) is 10.6 Å². The summed E-state index contributed by atoms with van der Waals surface area (Å²) in [6.45, 7) is 3.76. The lowest BCUT2D eigenvalue weighted by atomic mass is 10.1. The van der Waals surface area contributed by atoms with Gasteiger partial charge in [-0.05, 0) is 43.7 Å². The van der Waals surface area contributed by atoms with E-state index in [4.69, 9.17) is 0 Å². The first-order valence-electron chi connectivity index (χ1n) is 7.25. The number of Topliss-reactive ketones (excluding diaryl/α,β-unsaturated/α-hetero) is 1. The SMILES string of the molecule is CC(=O)c1ccc(NC(=O)CNC(C)c2ccccc2)cc1. The van der Waals surface area contributed by atoms with E-state index in [-0.39, 0.29) is 24.3 Å². The highest BCUT2D eigenvalue weighted by Gasteiger charge is 2.08. The number of nitrogens with one attached hydrogen (secondary N) is 2. The highest BCUT2D eigenvalue weighted by atomic mass is 16.2. The number of anilines is 1. The number of hydrogen-bond donors (Lipinski definition) is 2. The molecule has 0 fully saturated rings. The molecule has 0 saturated heterocycles. The third-order valence-electron chi connectivity index (χ3n) is 3.44. The van der Waals surface area contributed by atoms with E-state index in [9.17, 15) is 9.59 Å². The normalized spacial score (nSPS) is 11.7. The zero-order valence-electron chi connectivity index (χ0n) is 12.8. The number of benzene rings is 2. The molecule has 4 nitrogen and oxygen atoms in total. The minimum atomic E-state index is -0.113. The summed E-state index contributed by atoms with van der Waals surface area (Å²) >= 11 is 0. The Labute approximate surface area is 130 Å². The maximum Gasteiger partial charge on any atom is 0.238 e. The zero-order chi connectivity index (χ0) is 15.9. The molecule has 0 aliphatic rings. The molecular weight excluding hydrogens is 276 g/mol. The molecule has 0 radical (unpaired) electrons. The van der Waals surface area contributed by atoms with Crippen LogP contribution in [0.15, 0.2) is 54.6 Å². The third-order valence-corrected chi connectivity index (χ3v) is 3.44. The van der Waals surface area contributed by atoms with Crippen molar-refractivity contribution in [3.05, 3.63) is 65.7 Å². The van der Waals surface area contributed by atoms with E-state index in [1.807, 2.05) is 37.3 Å². The Morgan fingerprint density at radius 1 is 1.00 bits per heavy atom. The summed E-state index contributed by atoms with van der Waals surface area (Å²) in [7, 11) is 0. The second-order valence-electron chi connectivity index (χ2n) is 5.19. The molecule has 2 N–H and O–H groups in total. The van der Waals surface area contributed by atoms with Gasteiger partial charge in [0.05, 0.1) is 6.54 Å². The molecule has 0 heterocycles. The number of amides is 1. The number of rotatable bonds is 6. The average molecular weight is 296 g/mol. The lowest BCUT2D eigenvalue weighted by Crippen LogP contribution is -2.30. The van der Waals surface area contributed by atoms with Gasteiger partial charge >= 0.3 is 0 Å². The molecule has 2 rings (SSSR count). The highest BCUT2D eigenvalue weighted by Crippen LogP contribution is 2.12. The van der Waals surface area contributed by atoms with E-state index in [0.29, 0.717) is 11.3 Å². The fourth-order valence-corrected chi connectivity index (χ4v) is 2.10. The Balaban J connectivity index is 1.84. The van der Waals surface area contributed by atoms with Crippen LogP contribution in [0.2, 0.25) is 0 Å². The predicted octanol–water partition coefficient (Wildman–Crippen LogP) is 3.18. The number of ketones is 1. The van der Waals surface area contributed by atoms with Crippen molar-refractivity contribution in [1.29, 1.82) is 0 Å². The standard InChI is InChI=1S/C18H20N2O2/c1-13(15-6-4-3-5-7-15)19-12-18(22)20-17-10-8-16(9-11-17)14(2)21/h3-11,13,19H,12H2,1-2H3,(H,20,22). The van der Waals surface area contributed by atoms with E-state index in [0.717, 1.165) is 5.56 Å². The van der Waals surface area contributed by atoms with E-state index < -0.39 is 0 Å². The van der Waals surface area contributed by atoms with Crippen molar-refractivity contribution in [1.82, 2.24) is 5.32 Å². The van der Waals surface area contributed by atoms with E-state index in [1.54, 1.807) is 24.3 Å². The molecule has 1 amide bonds. The van der Waals surface area contributed by atoms with Crippen molar-refractivity contribution in [2.24, 2.45) is 0 Å². The Bertz CT molecular complexity index is 636. The van der Waals surface area contributed by atoms with Gasteiger partial charge in [-0.2, -0.15) is 0 Å². The molecule has 0 saturated carbocycles. The molecule has 114 valence electrons. The van der Waals surface area contributed by atoms with Crippen LogP contribution in [0.1, 0.15) is 35.8 Å². The molecule has 0 aliphatic carbocycles. The van der Waals surface area contributed by atoms with Crippen molar-refractivity contribution in [2.45, 2.75) is 19.9 Å². The van der Waals surface area contributed by atoms with Gasteiger partial charge in [-0.1, -0.05) is 30.3 Å². The van der Waals surface area contributed by atoms with Crippen LogP contribution in [-0.2, 0) is 4.79 Å². The molecular formula is C18H20N2O2. The maximum atomic E-state index is 11.9. The van der Waals surface area contributed by atoms with Crippen molar-refractivity contribution in [3.63, 3.8) is 0 Å². The topological polar surface area (TPSA) is 58.2 Å². The van der Waals surface area contributed by atoms with E-state index >= 15 is 0 Å². The van der Waals surface area contributed by atoms with Crippen molar-refractivity contribution >= 4 is 17.4 Å². The predicted molar refractivity (Wildman–Crippen MR) is 87.9 cm³/mol. The second kappa shape index (κ2) is 7.52. The fraction of sp³-hybridized carbons (Fsp3) is 0.222. The Morgan fingerprint density at radius 2 is 1.64 bits per heavy atom. The first-order chi connectivity index (χ1) is 10.6. The maximum absolute atomic E-state index is 11.9. The van der Waals surface area contributed by atoms with Crippen molar-refractivity contribution in [3.8, 4) is 0 Å². The largest absolute Gasteiger partial charge is 0.325 e. The van der Waals surface area contributed by atoms with Crippen LogP contribution in [-0.4, -0.2) is 18.2 Å². The average Bonchev–Trinajstić information content (AvgIpc) is 2.54. The number of carbonyl (C=O) groups is 2. The monoisotopic (exact) mass is 296 g/mol. The van der Waals surface area contributed by atoms with Crippen LogP contribution in [0.3, 0.4) is 0 Å². The van der Waals surface area contributed by atoms with Crippen molar-refractivity contribution < 1.29 is 9.59 Å². The molecule has 2 aromatic carbocycles. The first kappa shape index (κ1) is 15.9. The van der Waals surface area contributed by atoms with Gasteiger partial charge in [-0.15, -0.1) is 0 Å². The number of carbonyl (C=O) groups excluding carboxylic acids is 2. The van der Waals surface area contributed by atoms with Gasteiger partial charge < -0.3 is 10.6 Å². The minimum absolute atomic E-state index is 0.0104. The van der Waals surface area contributed by atoms with Gasteiger partial charge in [0, 0.05) is 17.3 Å². The summed E-state index contributed by atoms with van der Waals surface area (Å²) < 4.78 is 0. The quantitative estimate of drug-likeness (QED) is 0.805. The fourth-order valence-electron chi connectivity index (χ4n) is 2.10. The summed E-state index contributed by atoms with van der Waals surface area (Å²) in [6, 6.07) is 16.9. The minimum Gasteiger partial charge on any atom is -0.325 e.